The van der Waals surface area contributed by atoms with Gasteiger partial charge in [0.05, 0.1) is 22.2 Å². The van der Waals surface area contributed by atoms with Gasteiger partial charge in [-0.15, -0.1) is 0 Å². The first-order valence-electron chi connectivity index (χ1n) is 5.25. The predicted molar refractivity (Wildman–Crippen MR) is 75.0 cm³/mol. The standard InChI is InChI=1S/C11H8ClN3O4S/c12-10-2-1-8(5-11(10)15(16)17)6-13-14-9-3-4-20(18,19)7-9/h1-7,14H. The molecule has 9 heteroatoms. The Morgan fingerprint density at radius 1 is 1.40 bits per heavy atom. The van der Waals surface area contributed by atoms with E-state index in [1.165, 1.54) is 24.4 Å². The van der Waals surface area contributed by atoms with Gasteiger partial charge in [0.1, 0.15) is 5.02 Å². The zero-order valence-corrected chi connectivity index (χ0v) is 11.4. The Balaban J connectivity index is 2.11. The van der Waals surface area contributed by atoms with Crippen molar-refractivity contribution in [3.8, 4) is 0 Å². The van der Waals surface area contributed by atoms with Crippen molar-refractivity contribution in [2.24, 2.45) is 5.10 Å². The lowest BCUT2D eigenvalue weighted by Gasteiger charge is -1.98. The van der Waals surface area contributed by atoms with Crippen molar-refractivity contribution in [2.45, 2.75) is 0 Å². The predicted octanol–water partition coefficient (Wildman–Crippen LogP) is 1.96. The molecular weight excluding hydrogens is 306 g/mol. The van der Waals surface area contributed by atoms with Crippen LogP contribution >= 0.6 is 11.6 Å². The summed E-state index contributed by atoms with van der Waals surface area (Å²) in [4.78, 5) is 10.1. The van der Waals surface area contributed by atoms with Gasteiger partial charge in [0.2, 0.25) is 0 Å². The van der Waals surface area contributed by atoms with Gasteiger partial charge >= 0.3 is 0 Å². The highest BCUT2D eigenvalue weighted by molar-refractivity contribution is 7.97. The number of nitrogens with zero attached hydrogens (tertiary/aromatic N) is 2. The van der Waals surface area contributed by atoms with Crippen LogP contribution in [0.25, 0.3) is 0 Å². The zero-order valence-electron chi connectivity index (χ0n) is 9.86. The summed E-state index contributed by atoms with van der Waals surface area (Å²) in [6, 6.07) is 4.21. The first-order chi connectivity index (χ1) is 9.37. The number of rotatable bonds is 4. The van der Waals surface area contributed by atoms with Gasteiger partial charge < -0.3 is 0 Å². The van der Waals surface area contributed by atoms with Crippen molar-refractivity contribution in [1.29, 1.82) is 0 Å². The highest BCUT2D eigenvalue weighted by Crippen LogP contribution is 2.24. The van der Waals surface area contributed by atoms with Gasteiger partial charge in [0.15, 0.2) is 9.84 Å². The number of sulfone groups is 1. The minimum absolute atomic E-state index is 0.0348. The van der Waals surface area contributed by atoms with E-state index in [0.717, 1.165) is 10.8 Å². The minimum atomic E-state index is -3.30. The monoisotopic (exact) mass is 313 g/mol. The van der Waals surface area contributed by atoms with E-state index in [-0.39, 0.29) is 10.7 Å². The molecule has 20 heavy (non-hydrogen) atoms. The molecule has 0 aromatic heterocycles. The molecule has 0 atom stereocenters. The van der Waals surface area contributed by atoms with Gasteiger partial charge in [-0.2, -0.15) is 5.10 Å². The zero-order chi connectivity index (χ0) is 14.8. The Labute approximate surface area is 119 Å². The summed E-state index contributed by atoms with van der Waals surface area (Å²) in [6.45, 7) is 0. The van der Waals surface area contributed by atoms with Crippen LogP contribution in [0.4, 0.5) is 5.69 Å². The SMILES string of the molecule is O=[N+]([O-])c1cc(C=NNC2=CS(=O)(=O)C=C2)ccc1Cl. The summed E-state index contributed by atoms with van der Waals surface area (Å²) >= 11 is 5.67. The molecule has 0 unspecified atom stereocenters. The highest BCUT2D eigenvalue weighted by Gasteiger charge is 2.12. The molecule has 0 radical (unpaired) electrons. The molecule has 0 bridgehead atoms. The highest BCUT2D eigenvalue weighted by atomic mass is 35.5. The Bertz CT molecular complexity index is 753. The van der Waals surface area contributed by atoms with Crippen molar-refractivity contribution >= 4 is 33.3 Å². The number of nitro benzene ring substituents is 1. The molecule has 0 saturated carbocycles. The van der Waals surface area contributed by atoms with E-state index >= 15 is 0 Å². The number of allylic oxidation sites excluding steroid dienone is 1. The summed E-state index contributed by atoms with van der Waals surface area (Å²) in [5.74, 6) is 0. The van der Waals surface area contributed by atoms with Crippen LogP contribution < -0.4 is 5.43 Å². The average molecular weight is 314 g/mol. The molecule has 0 amide bonds. The fourth-order valence-corrected chi connectivity index (χ4v) is 2.51. The third kappa shape index (κ3) is 3.43. The topological polar surface area (TPSA) is 102 Å². The van der Waals surface area contributed by atoms with Crippen LogP contribution in [0.3, 0.4) is 0 Å². The van der Waals surface area contributed by atoms with E-state index in [9.17, 15) is 18.5 Å². The number of nitro groups is 1. The maximum atomic E-state index is 11.1. The lowest BCUT2D eigenvalue weighted by atomic mass is 10.2. The first-order valence-corrected chi connectivity index (χ1v) is 7.24. The fourth-order valence-electron chi connectivity index (χ4n) is 1.42. The second-order valence-electron chi connectivity index (χ2n) is 3.80. The normalized spacial score (nSPS) is 16.4. The molecule has 104 valence electrons. The second kappa shape index (κ2) is 5.43. The molecule has 1 aromatic rings. The smallest absolute Gasteiger partial charge is 0.278 e. The molecule has 1 aliphatic rings. The van der Waals surface area contributed by atoms with E-state index < -0.39 is 14.8 Å². The van der Waals surface area contributed by atoms with Gasteiger partial charge in [-0.3, -0.25) is 15.5 Å². The van der Waals surface area contributed by atoms with Crippen molar-refractivity contribution < 1.29 is 13.3 Å². The van der Waals surface area contributed by atoms with Crippen LogP contribution in [0, 0.1) is 10.1 Å². The average Bonchev–Trinajstić information content (AvgIpc) is 2.71. The Hall–Kier alpha value is -2.19. The van der Waals surface area contributed by atoms with E-state index in [4.69, 9.17) is 11.6 Å². The molecule has 0 saturated heterocycles. The summed E-state index contributed by atoms with van der Waals surface area (Å²) in [5.41, 5.74) is 3.05. The van der Waals surface area contributed by atoms with Crippen molar-refractivity contribution in [3.05, 3.63) is 61.5 Å². The van der Waals surface area contributed by atoms with Crippen LogP contribution in [0.5, 0.6) is 0 Å². The molecule has 7 nitrogen and oxygen atoms in total. The molecule has 1 aliphatic heterocycles. The second-order valence-corrected chi connectivity index (χ2v) is 5.90. The van der Waals surface area contributed by atoms with Crippen molar-refractivity contribution in [1.82, 2.24) is 5.43 Å². The molecule has 1 heterocycles. The van der Waals surface area contributed by atoms with Gasteiger partial charge in [-0.25, -0.2) is 8.42 Å². The van der Waals surface area contributed by atoms with E-state index in [2.05, 4.69) is 10.5 Å². The van der Waals surface area contributed by atoms with E-state index in [1.807, 2.05) is 0 Å². The van der Waals surface area contributed by atoms with E-state index in [0.29, 0.717) is 11.3 Å². The molecular formula is C11H8ClN3O4S. The quantitative estimate of drug-likeness (QED) is 0.520. The van der Waals surface area contributed by atoms with Crippen LogP contribution in [0.2, 0.25) is 5.02 Å². The summed E-state index contributed by atoms with van der Waals surface area (Å²) < 4.78 is 22.2. The van der Waals surface area contributed by atoms with Gasteiger partial charge in [-0.05, 0) is 12.1 Å². The van der Waals surface area contributed by atoms with Crippen molar-refractivity contribution in [2.75, 3.05) is 0 Å². The van der Waals surface area contributed by atoms with Gasteiger partial charge in [0, 0.05) is 17.0 Å². The third-order valence-corrected chi connectivity index (χ3v) is 3.72. The number of hydrogen-bond acceptors (Lipinski definition) is 6. The van der Waals surface area contributed by atoms with Crippen LogP contribution in [-0.2, 0) is 9.84 Å². The molecule has 2 rings (SSSR count). The van der Waals surface area contributed by atoms with Gasteiger partial charge in [-0.1, -0.05) is 17.7 Å². The number of halogens is 1. The Kier molecular flexibility index (Phi) is 3.86. The number of hydrogen-bond donors (Lipinski definition) is 1. The molecule has 1 N–H and O–H groups in total. The van der Waals surface area contributed by atoms with Crippen molar-refractivity contribution in [3.63, 3.8) is 0 Å². The van der Waals surface area contributed by atoms with E-state index in [1.54, 1.807) is 6.07 Å². The molecule has 1 aromatic carbocycles. The summed E-state index contributed by atoms with van der Waals surface area (Å²) in [7, 11) is -3.30. The molecule has 0 fully saturated rings. The number of nitrogens with one attached hydrogen (secondary N) is 1. The lowest BCUT2D eigenvalue weighted by Crippen LogP contribution is -2.02. The number of hydrazone groups is 1. The minimum Gasteiger partial charge on any atom is -0.278 e. The van der Waals surface area contributed by atoms with Gasteiger partial charge in [0.25, 0.3) is 5.69 Å². The molecule has 0 spiro atoms. The van der Waals surface area contributed by atoms with Crippen LogP contribution in [0.1, 0.15) is 5.56 Å². The number of benzene rings is 1. The first kappa shape index (κ1) is 14.2. The lowest BCUT2D eigenvalue weighted by molar-refractivity contribution is -0.384. The van der Waals surface area contributed by atoms with Crippen LogP contribution in [0.15, 0.2) is 45.9 Å². The summed E-state index contributed by atoms with van der Waals surface area (Å²) in [5, 5.41) is 16.6. The fraction of sp³-hybridized carbons (Fsp3) is 0. The molecule has 0 aliphatic carbocycles. The third-order valence-electron chi connectivity index (χ3n) is 2.30. The maximum Gasteiger partial charge on any atom is 0.288 e. The Morgan fingerprint density at radius 2 is 2.15 bits per heavy atom. The maximum absolute atomic E-state index is 11.1. The summed E-state index contributed by atoms with van der Waals surface area (Å²) in [6.07, 6.45) is 2.68. The largest absolute Gasteiger partial charge is 0.288 e. The van der Waals surface area contributed by atoms with Crippen LogP contribution in [-0.4, -0.2) is 19.6 Å². The Morgan fingerprint density at radius 3 is 2.75 bits per heavy atom.